The quantitative estimate of drug-likeness (QED) is 0.788. The van der Waals surface area contributed by atoms with Gasteiger partial charge >= 0.3 is 0 Å². The third-order valence-electron chi connectivity index (χ3n) is 5.19. The Morgan fingerprint density at radius 1 is 1.11 bits per heavy atom. The van der Waals surface area contributed by atoms with Crippen molar-refractivity contribution in [2.24, 2.45) is 0 Å². The zero-order chi connectivity index (χ0) is 19.3. The molecule has 0 aliphatic carbocycles. The molecule has 3 rings (SSSR count). The van der Waals surface area contributed by atoms with Crippen molar-refractivity contribution in [2.45, 2.75) is 38.2 Å². The SMILES string of the molecule is CC(=O)N1CCOC(COc2ccc(F)cc2)(CC(=O)N2CCCCC2)C1. The van der Waals surface area contributed by atoms with Crippen molar-refractivity contribution in [3.8, 4) is 5.75 Å². The summed E-state index contributed by atoms with van der Waals surface area (Å²) >= 11 is 0. The zero-order valence-corrected chi connectivity index (χ0v) is 15.8. The summed E-state index contributed by atoms with van der Waals surface area (Å²) in [4.78, 5) is 28.3. The topological polar surface area (TPSA) is 59.1 Å². The summed E-state index contributed by atoms with van der Waals surface area (Å²) in [5, 5.41) is 0. The van der Waals surface area contributed by atoms with Crippen molar-refractivity contribution in [3.05, 3.63) is 30.1 Å². The molecule has 1 atom stereocenters. The van der Waals surface area contributed by atoms with Crippen LogP contribution in [0.4, 0.5) is 4.39 Å². The van der Waals surface area contributed by atoms with E-state index in [1.807, 2.05) is 4.90 Å². The highest BCUT2D eigenvalue weighted by atomic mass is 19.1. The Kier molecular flexibility index (Phi) is 6.31. The predicted molar refractivity (Wildman–Crippen MR) is 97.9 cm³/mol. The van der Waals surface area contributed by atoms with Crippen LogP contribution in [0.2, 0.25) is 0 Å². The van der Waals surface area contributed by atoms with E-state index in [0.717, 1.165) is 32.4 Å². The molecule has 2 fully saturated rings. The lowest BCUT2D eigenvalue weighted by Gasteiger charge is -2.42. The lowest BCUT2D eigenvalue weighted by atomic mass is 9.96. The van der Waals surface area contributed by atoms with Gasteiger partial charge in [0.05, 0.1) is 19.6 Å². The minimum absolute atomic E-state index is 0.0304. The van der Waals surface area contributed by atoms with E-state index in [0.29, 0.717) is 25.4 Å². The molecule has 0 bridgehead atoms. The summed E-state index contributed by atoms with van der Waals surface area (Å²) in [7, 11) is 0. The fraction of sp³-hybridized carbons (Fsp3) is 0.600. The Labute approximate surface area is 159 Å². The number of carbonyl (C=O) groups excluding carboxylic acids is 2. The Morgan fingerprint density at radius 3 is 2.48 bits per heavy atom. The van der Waals surface area contributed by atoms with Gasteiger partial charge in [-0.25, -0.2) is 4.39 Å². The fourth-order valence-electron chi connectivity index (χ4n) is 3.64. The van der Waals surface area contributed by atoms with Crippen molar-refractivity contribution in [1.29, 1.82) is 0 Å². The van der Waals surface area contributed by atoms with Crippen LogP contribution in [0, 0.1) is 5.82 Å². The Balaban J connectivity index is 1.72. The number of ether oxygens (including phenoxy) is 2. The average Bonchev–Trinajstić information content (AvgIpc) is 2.68. The lowest BCUT2D eigenvalue weighted by molar-refractivity contribution is -0.165. The Morgan fingerprint density at radius 2 is 1.81 bits per heavy atom. The molecule has 2 saturated heterocycles. The second-order valence-corrected chi connectivity index (χ2v) is 7.33. The van der Waals surface area contributed by atoms with Crippen LogP contribution in [0.25, 0.3) is 0 Å². The molecule has 2 aliphatic heterocycles. The molecular weight excluding hydrogens is 351 g/mol. The van der Waals surface area contributed by atoms with Gasteiger partial charge in [0.15, 0.2) is 0 Å². The van der Waals surface area contributed by atoms with Gasteiger partial charge in [-0.05, 0) is 43.5 Å². The number of carbonyl (C=O) groups is 2. The molecule has 6 nitrogen and oxygen atoms in total. The maximum absolute atomic E-state index is 13.1. The largest absolute Gasteiger partial charge is 0.490 e. The highest BCUT2D eigenvalue weighted by molar-refractivity contribution is 5.78. The van der Waals surface area contributed by atoms with E-state index in [2.05, 4.69) is 0 Å². The van der Waals surface area contributed by atoms with E-state index >= 15 is 0 Å². The number of hydrogen-bond acceptors (Lipinski definition) is 4. The summed E-state index contributed by atoms with van der Waals surface area (Å²) in [6.07, 6.45) is 3.35. The second kappa shape index (κ2) is 8.69. The van der Waals surface area contributed by atoms with Crippen molar-refractivity contribution in [3.63, 3.8) is 0 Å². The van der Waals surface area contributed by atoms with Crippen LogP contribution in [0.3, 0.4) is 0 Å². The van der Waals surface area contributed by atoms with E-state index in [-0.39, 0.29) is 30.7 Å². The number of hydrogen-bond donors (Lipinski definition) is 0. The molecule has 0 radical (unpaired) electrons. The number of morpholine rings is 1. The highest BCUT2D eigenvalue weighted by Gasteiger charge is 2.41. The van der Waals surface area contributed by atoms with Crippen LogP contribution in [0.15, 0.2) is 24.3 Å². The molecule has 2 amide bonds. The Bertz CT molecular complexity index is 660. The van der Waals surface area contributed by atoms with Crippen molar-refractivity contribution < 1.29 is 23.5 Å². The van der Waals surface area contributed by atoms with Crippen LogP contribution in [-0.2, 0) is 14.3 Å². The lowest BCUT2D eigenvalue weighted by Crippen LogP contribution is -2.58. The summed E-state index contributed by atoms with van der Waals surface area (Å²) < 4.78 is 24.9. The first-order valence-corrected chi connectivity index (χ1v) is 9.53. The molecule has 27 heavy (non-hydrogen) atoms. The van der Waals surface area contributed by atoms with Crippen molar-refractivity contribution >= 4 is 11.8 Å². The molecule has 1 aromatic rings. The van der Waals surface area contributed by atoms with Gasteiger partial charge in [-0.1, -0.05) is 0 Å². The van der Waals surface area contributed by atoms with Crippen molar-refractivity contribution in [2.75, 3.05) is 39.4 Å². The number of benzene rings is 1. The third kappa shape index (κ3) is 5.19. The minimum Gasteiger partial charge on any atom is -0.490 e. The number of nitrogens with zero attached hydrogens (tertiary/aromatic N) is 2. The maximum Gasteiger partial charge on any atom is 0.225 e. The van der Waals surface area contributed by atoms with Crippen LogP contribution in [0.1, 0.15) is 32.6 Å². The Hall–Kier alpha value is -2.15. The van der Waals surface area contributed by atoms with Gasteiger partial charge in [0.25, 0.3) is 0 Å². The van der Waals surface area contributed by atoms with Gasteiger partial charge in [0, 0.05) is 26.6 Å². The first kappa shape index (κ1) is 19.6. The first-order valence-electron chi connectivity index (χ1n) is 9.53. The van der Waals surface area contributed by atoms with Gasteiger partial charge in [0.1, 0.15) is 23.8 Å². The predicted octanol–water partition coefficient (Wildman–Crippen LogP) is 2.22. The second-order valence-electron chi connectivity index (χ2n) is 7.33. The van der Waals surface area contributed by atoms with Gasteiger partial charge < -0.3 is 19.3 Å². The number of halogens is 1. The summed E-state index contributed by atoms with van der Waals surface area (Å²) in [5.74, 6) is 0.149. The number of likely N-dealkylation sites (tertiary alicyclic amines) is 1. The zero-order valence-electron chi connectivity index (χ0n) is 15.8. The minimum atomic E-state index is -0.896. The van der Waals surface area contributed by atoms with Crippen LogP contribution >= 0.6 is 0 Å². The number of amides is 2. The molecule has 1 unspecified atom stereocenters. The standard InChI is InChI=1S/C20H27FN2O4/c1-16(24)23-11-12-27-20(14-23,13-19(25)22-9-3-2-4-10-22)15-26-18-7-5-17(21)6-8-18/h5-8H,2-4,9-15H2,1H3. The molecular formula is C20H27FN2O4. The van der Waals surface area contributed by atoms with E-state index in [1.165, 1.54) is 19.1 Å². The summed E-state index contributed by atoms with van der Waals surface area (Å²) in [6, 6.07) is 5.73. The van der Waals surface area contributed by atoms with E-state index < -0.39 is 5.60 Å². The monoisotopic (exact) mass is 378 g/mol. The van der Waals surface area contributed by atoms with E-state index in [9.17, 15) is 14.0 Å². The van der Waals surface area contributed by atoms with Gasteiger partial charge in [-0.15, -0.1) is 0 Å². The molecule has 0 saturated carbocycles. The van der Waals surface area contributed by atoms with E-state index in [4.69, 9.17) is 9.47 Å². The number of piperidine rings is 1. The van der Waals surface area contributed by atoms with Crippen LogP contribution in [0.5, 0.6) is 5.75 Å². The molecule has 7 heteroatoms. The van der Waals surface area contributed by atoms with E-state index in [1.54, 1.807) is 17.0 Å². The summed E-state index contributed by atoms with van der Waals surface area (Å²) in [5.41, 5.74) is -0.896. The van der Waals surface area contributed by atoms with Crippen molar-refractivity contribution in [1.82, 2.24) is 9.80 Å². The maximum atomic E-state index is 13.1. The molecule has 0 spiro atoms. The fourth-order valence-corrected chi connectivity index (χ4v) is 3.64. The average molecular weight is 378 g/mol. The van der Waals surface area contributed by atoms with Gasteiger partial charge in [0.2, 0.25) is 11.8 Å². The molecule has 2 heterocycles. The molecule has 148 valence electrons. The molecule has 0 N–H and O–H groups in total. The normalized spacial score (nSPS) is 23.2. The molecule has 0 aromatic heterocycles. The summed E-state index contributed by atoms with van der Waals surface area (Å²) in [6.45, 7) is 4.36. The first-order chi connectivity index (χ1) is 13.0. The third-order valence-corrected chi connectivity index (χ3v) is 5.19. The van der Waals surface area contributed by atoms with Gasteiger partial charge in [-0.2, -0.15) is 0 Å². The highest BCUT2D eigenvalue weighted by Crippen LogP contribution is 2.26. The van der Waals surface area contributed by atoms with Gasteiger partial charge in [-0.3, -0.25) is 9.59 Å². The van der Waals surface area contributed by atoms with Crippen LogP contribution in [-0.4, -0.2) is 66.6 Å². The smallest absolute Gasteiger partial charge is 0.225 e. The molecule has 1 aromatic carbocycles. The van der Waals surface area contributed by atoms with Crippen LogP contribution < -0.4 is 4.74 Å². The number of rotatable bonds is 5. The molecule has 2 aliphatic rings.